The normalized spacial score (nSPS) is 50.6. The Morgan fingerprint density at radius 1 is 0.658 bits per heavy atom. The summed E-state index contributed by atoms with van der Waals surface area (Å²) in [5.74, 6) is -3.88. The summed E-state index contributed by atoms with van der Waals surface area (Å²) in [5.41, 5.74) is -3.78. The zero-order valence-corrected chi connectivity index (χ0v) is 46.4. The summed E-state index contributed by atoms with van der Waals surface area (Å²) < 4.78 is 48.2. The Morgan fingerprint density at radius 3 is 1.76 bits per heavy atom. The predicted molar refractivity (Wildman–Crippen MR) is 269 cm³/mol. The maximum Gasteiger partial charge on any atom is 0.335 e. The average molecular weight is 1130 g/mol. The molecule has 3 aliphatic heterocycles. The first kappa shape index (κ1) is 62.2. The van der Waals surface area contributed by atoms with Gasteiger partial charge in [0.25, 0.3) is 0 Å². The van der Waals surface area contributed by atoms with Gasteiger partial charge in [-0.3, -0.25) is 4.79 Å². The first-order chi connectivity index (χ1) is 36.9. The number of allylic oxidation sites excluding steroid dienone is 3. The number of aliphatic carboxylic acids is 1. The van der Waals surface area contributed by atoms with Crippen molar-refractivity contribution in [3.8, 4) is 0 Å². The number of hydrogen-bond donors (Lipinski definition) is 13. The van der Waals surface area contributed by atoms with E-state index in [9.17, 15) is 80.8 Å². The molecule has 0 aromatic heterocycles. The smallest absolute Gasteiger partial charge is 0.335 e. The van der Waals surface area contributed by atoms with Crippen molar-refractivity contribution in [1.82, 2.24) is 0 Å². The molecule has 27 atom stereocenters. The zero-order valence-electron chi connectivity index (χ0n) is 46.4. The monoisotopic (exact) mass is 1130 g/mol. The first-order valence-electron chi connectivity index (χ1n) is 27.7. The number of rotatable bonds is 14. The molecule has 0 aromatic carbocycles. The summed E-state index contributed by atoms with van der Waals surface area (Å²) in [6.07, 6.45) is -26.5. The van der Waals surface area contributed by atoms with Crippen LogP contribution < -0.4 is 0 Å². The molecule has 5 aliphatic carbocycles. The molecule has 450 valence electrons. The van der Waals surface area contributed by atoms with Crippen molar-refractivity contribution < 1.29 is 119 Å². The molecule has 79 heavy (non-hydrogen) atoms. The summed E-state index contributed by atoms with van der Waals surface area (Å²) in [6, 6.07) is 0. The van der Waals surface area contributed by atoms with Crippen molar-refractivity contribution in [3.63, 3.8) is 0 Å². The van der Waals surface area contributed by atoms with Crippen LogP contribution >= 0.6 is 0 Å². The molecule has 3 heterocycles. The van der Waals surface area contributed by atoms with E-state index in [1.165, 1.54) is 6.92 Å². The second-order valence-corrected chi connectivity index (χ2v) is 25.5. The standard InChI is InChI=1S/C55H86O24/c1-10-23(2)46(71)79-43-44(72-24(3)60)55(22-59)26(17-50(43,4)5)25-11-12-30-51(6)15-14-32(52(7,21-58)29(51)13-16-53(30,8)54(25,9)18-31(55)61)75-49-41(77-48-38(67)36(65)34(63)28(20-57)74-48)39(68)40(42(78-49)45(69)70)76-47-37(66)35(64)33(62)27(19-56)73-47/h10-11,26-44,47-49,56-59,61-68H,12-22H2,1-9H3,(H,69,70)/b23-10-/t26-,27+,28+,29+,30+,31+,32-,33+,34+,35-,36-,37+,38+,39-,40-,41+,42-,43-,44-,47-,48-,49+,51-,52+,53+,54+,55-/m1/s1. The number of fused-ring (bicyclic) bond motifs is 7. The average Bonchev–Trinajstić information content (AvgIpc) is 3.25. The molecule has 7 fully saturated rings. The van der Waals surface area contributed by atoms with Gasteiger partial charge in [0.1, 0.15) is 79.4 Å². The summed E-state index contributed by atoms with van der Waals surface area (Å²) >= 11 is 0. The molecule has 0 amide bonds. The van der Waals surface area contributed by atoms with Gasteiger partial charge in [0.05, 0.1) is 44.1 Å². The molecule has 3 saturated heterocycles. The highest BCUT2D eigenvalue weighted by atomic mass is 16.8. The number of carbonyl (C=O) groups excluding carboxylic acids is 2. The molecular formula is C55H86O24. The molecule has 8 rings (SSSR count). The van der Waals surface area contributed by atoms with E-state index in [-0.39, 0.29) is 24.7 Å². The molecule has 0 unspecified atom stereocenters. The molecule has 24 nitrogen and oxygen atoms in total. The third-order valence-corrected chi connectivity index (χ3v) is 21.1. The number of carbonyl (C=O) groups is 3. The number of carboxylic acids is 1. The Balaban J connectivity index is 1.12. The van der Waals surface area contributed by atoms with Gasteiger partial charge >= 0.3 is 17.9 Å². The quantitative estimate of drug-likeness (QED) is 0.0415. The van der Waals surface area contributed by atoms with Crippen LogP contribution in [0.25, 0.3) is 0 Å². The second-order valence-electron chi connectivity index (χ2n) is 25.5. The van der Waals surface area contributed by atoms with E-state index in [1.807, 2.05) is 20.8 Å². The summed E-state index contributed by atoms with van der Waals surface area (Å²) in [6.45, 7) is 14.1. The fourth-order valence-electron chi connectivity index (χ4n) is 16.2. The van der Waals surface area contributed by atoms with Crippen molar-refractivity contribution in [2.24, 2.45) is 50.2 Å². The Kier molecular flexibility index (Phi) is 17.8. The number of esters is 2. The fraction of sp³-hybridized carbons (Fsp3) is 0.873. The van der Waals surface area contributed by atoms with E-state index >= 15 is 0 Å². The van der Waals surface area contributed by atoms with Crippen LogP contribution in [0.4, 0.5) is 0 Å². The first-order valence-corrected chi connectivity index (χ1v) is 27.7. The number of aliphatic hydroxyl groups excluding tert-OH is 12. The highest BCUT2D eigenvalue weighted by Gasteiger charge is 2.74. The number of aliphatic hydroxyl groups is 12. The van der Waals surface area contributed by atoms with Gasteiger partial charge < -0.3 is 104 Å². The summed E-state index contributed by atoms with van der Waals surface area (Å²) in [4.78, 5) is 39.5. The minimum absolute atomic E-state index is 0.0849. The molecule has 0 aromatic rings. The van der Waals surface area contributed by atoms with E-state index in [1.54, 1.807) is 19.9 Å². The minimum atomic E-state index is -2.18. The Labute approximate surface area is 459 Å². The molecule has 0 spiro atoms. The van der Waals surface area contributed by atoms with Crippen LogP contribution in [0, 0.1) is 50.2 Å². The van der Waals surface area contributed by atoms with Gasteiger partial charge in [0.15, 0.2) is 25.0 Å². The third kappa shape index (κ3) is 9.94. The van der Waals surface area contributed by atoms with E-state index in [0.29, 0.717) is 37.7 Å². The number of carboxylic acid groups (broad SMARTS) is 1. The van der Waals surface area contributed by atoms with Gasteiger partial charge in [0.2, 0.25) is 0 Å². The van der Waals surface area contributed by atoms with Crippen molar-refractivity contribution in [1.29, 1.82) is 0 Å². The Hall–Kier alpha value is -2.83. The van der Waals surface area contributed by atoms with Crippen LogP contribution in [-0.4, -0.2) is 227 Å². The van der Waals surface area contributed by atoms with Gasteiger partial charge in [0, 0.05) is 23.3 Å². The SMILES string of the molecule is C/C=C(/C)C(=O)O[C@@H]1[C@@H](OC(C)=O)[C@]2(CO)[C@H](CC1(C)C)C1=CC[C@H]3[C@]4(C)CC[C@@H](O[C@H]5O[C@@H](C(=O)O)[C@H](O[C@H]6O[C@@H](CO)[C@H](O)[C@@H](O)[C@@H]6O)[C@@H](O)[C@@H]5O[C@H]5O[C@@H](CO)[C@H](O)[C@@H](O)[C@@H]5O)[C@@](C)(CO)[C@H]4CC[C@]3(C)[C@@]1(C)C[C@@H]2O. The molecule has 0 radical (unpaired) electrons. The van der Waals surface area contributed by atoms with Gasteiger partial charge in [-0.25, -0.2) is 9.59 Å². The van der Waals surface area contributed by atoms with Crippen LogP contribution in [0.5, 0.6) is 0 Å². The van der Waals surface area contributed by atoms with Gasteiger partial charge in [-0.1, -0.05) is 59.3 Å². The third-order valence-electron chi connectivity index (χ3n) is 21.1. The van der Waals surface area contributed by atoms with Crippen LogP contribution in [0.2, 0.25) is 0 Å². The fourth-order valence-corrected chi connectivity index (χ4v) is 16.2. The summed E-state index contributed by atoms with van der Waals surface area (Å²) in [5, 5.41) is 143. The van der Waals surface area contributed by atoms with Gasteiger partial charge in [-0.05, 0) is 92.8 Å². The van der Waals surface area contributed by atoms with Crippen LogP contribution in [0.1, 0.15) is 107 Å². The predicted octanol–water partition coefficient (Wildman–Crippen LogP) is -1.32. The van der Waals surface area contributed by atoms with Crippen LogP contribution in [0.3, 0.4) is 0 Å². The van der Waals surface area contributed by atoms with Crippen LogP contribution in [-0.2, 0) is 52.3 Å². The van der Waals surface area contributed by atoms with Gasteiger partial charge in [-0.15, -0.1) is 0 Å². The largest absolute Gasteiger partial charge is 0.479 e. The lowest BCUT2D eigenvalue weighted by Gasteiger charge is -2.72. The van der Waals surface area contributed by atoms with E-state index < -0.39 is 199 Å². The molecule has 4 saturated carbocycles. The maximum atomic E-state index is 13.4. The number of ether oxygens (including phenoxy) is 8. The van der Waals surface area contributed by atoms with Crippen molar-refractivity contribution >= 4 is 17.9 Å². The molecule has 24 heteroatoms. The molecule has 13 N–H and O–H groups in total. The highest BCUT2D eigenvalue weighted by Crippen LogP contribution is 2.76. The van der Waals surface area contributed by atoms with E-state index in [2.05, 4.69) is 26.8 Å². The van der Waals surface area contributed by atoms with E-state index in [0.717, 1.165) is 5.57 Å². The molecule has 8 aliphatic rings. The maximum absolute atomic E-state index is 13.4. The van der Waals surface area contributed by atoms with Crippen molar-refractivity contribution in [2.45, 2.75) is 224 Å². The van der Waals surface area contributed by atoms with Gasteiger partial charge in [-0.2, -0.15) is 0 Å². The molecule has 0 bridgehead atoms. The minimum Gasteiger partial charge on any atom is -0.479 e. The van der Waals surface area contributed by atoms with E-state index in [4.69, 9.17) is 37.9 Å². The van der Waals surface area contributed by atoms with Crippen molar-refractivity contribution in [3.05, 3.63) is 23.3 Å². The Bertz CT molecular complexity index is 2290. The lowest BCUT2D eigenvalue weighted by atomic mass is 9.33. The van der Waals surface area contributed by atoms with Crippen molar-refractivity contribution in [2.75, 3.05) is 26.4 Å². The lowest BCUT2D eigenvalue weighted by molar-refractivity contribution is -0.392. The van der Waals surface area contributed by atoms with Crippen LogP contribution in [0.15, 0.2) is 23.3 Å². The summed E-state index contributed by atoms with van der Waals surface area (Å²) in [7, 11) is 0. The molecular weight excluding hydrogens is 1040 g/mol. The number of hydrogen-bond acceptors (Lipinski definition) is 23. The zero-order chi connectivity index (χ0) is 58.4. The lowest BCUT2D eigenvalue weighted by Crippen LogP contribution is -2.72. The topological polar surface area (TPSA) is 388 Å². The highest BCUT2D eigenvalue weighted by molar-refractivity contribution is 5.87. The second kappa shape index (κ2) is 22.6. The Morgan fingerprint density at radius 2 is 1.24 bits per heavy atom.